The number of amides is 1. The molecule has 1 amide bonds. The van der Waals surface area contributed by atoms with E-state index in [0.717, 1.165) is 12.8 Å². The lowest BCUT2D eigenvalue weighted by molar-refractivity contribution is -0.139. The Morgan fingerprint density at radius 3 is 2.33 bits per heavy atom. The van der Waals surface area contributed by atoms with Gasteiger partial charge >= 0.3 is 5.97 Å². The van der Waals surface area contributed by atoms with E-state index in [9.17, 15) is 9.59 Å². The Morgan fingerprint density at radius 1 is 1.28 bits per heavy atom. The largest absolute Gasteiger partial charge is 0.481 e. The third-order valence-corrected chi connectivity index (χ3v) is 2.98. The van der Waals surface area contributed by atoms with E-state index in [4.69, 9.17) is 5.11 Å². The second-order valence-corrected chi connectivity index (χ2v) is 4.77. The maximum atomic E-state index is 11.8. The van der Waals surface area contributed by atoms with Crippen LogP contribution in [0.25, 0.3) is 0 Å². The minimum Gasteiger partial charge on any atom is -0.481 e. The molecule has 0 fully saturated rings. The highest BCUT2D eigenvalue weighted by molar-refractivity contribution is 5.78. The number of rotatable bonds is 9. The van der Waals surface area contributed by atoms with Crippen LogP contribution in [0.4, 0.5) is 0 Å². The predicted molar refractivity (Wildman–Crippen MR) is 71.5 cm³/mol. The maximum absolute atomic E-state index is 11.8. The Balaban J connectivity index is 4.18. The van der Waals surface area contributed by atoms with Crippen LogP contribution in [0.5, 0.6) is 0 Å². The van der Waals surface area contributed by atoms with Crippen molar-refractivity contribution in [1.82, 2.24) is 10.2 Å². The van der Waals surface area contributed by atoms with E-state index < -0.39 is 5.97 Å². The van der Waals surface area contributed by atoms with Gasteiger partial charge in [0.1, 0.15) is 0 Å². The highest BCUT2D eigenvalue weighted by Crippen LogP contribution is 2.03. The molecule has 2 N–H and O–H groups in total. The first-order chi connectivity index (χ1) is 8.40. The molecule has 106 valence electrons. The van der Waals surface area contributed by atoms with Crippen molar-refractivity contribution in [2.75, 3.05) is 13.1 Å². The summed E-state index contributed by atoms with van der Waals surface area (Å²) in [6.07, 6.45) is 2.06. The van der Waals surface area contributed by atoms with Crippen molar-refractivity contribution in [1.29, 1.82) is 0 Å². The number of carbonyl (C=O) groups excluding carboxylic acids is 1. The van der Waals surface area contributed by atoms with Gasteiger partial charge in [0.15, 0.2) is 0 Å². The Labute approximate surface area is 110 Å². The first-order valence-corrected chi connectivity index (χ1v) is 6.65. The van der Waals surface area contributed by atoms with Crippen molar-refractivity contribution >= 4 is 11.9 Å². The molecule has 0 aromatic rings. The van der Waals surface area contributed by atoms with Crippen LogP contribution >= 0.6 is 0 Å². The lowest BCUT2D eigenvalue weighted by Crippen LogP contribution is -2.44. The second kappa shape index (κ2) is 8.91. The molecule has 0 saturated carbocycles. The standard InChI is InChI=1S/C13H26N2O3/c1-5-7-10(3)14-12(16)9-15(6-2)11(4)8-13(17)18/h10-11H,5-9H2,1-4H3,(H,14,16)(H,17,18). The molecule has 0 bridgehead atoms. The van der Waals surface area contributed by atoms with Gasteiger partial charge in [0.2, 0.25) is 5.91 Å². The molecule has 0 aliphatic heterocycles. The SMILES string of the molecule is CCCC(C)NC(=O)CN(CC)C(C)CC(=O)O. The summed E-state index contributed by atoms with van der Waals surface area (Å²) in [4.78, 5) is 24.3. The Hall–Kier alpha value is -1.10. The number of likely N-dealkylation sites (N-methyl/N-ethyl adjacent to an activating group) is 1. The Morgan fingerprint density at radius 2 is 1.89 bits per heavy atom. The Bertz CT molecular complexity index is 269. The summed E-state index contributed by atoms with van der Waals surface area (Å²) in [6, 6.07) is 0.0516. The third-order valence-electron chi connectivity index (χ3n) is 2.98. The number of carboxylic acids is 1. The summed E-state index contributed by atoms with van der Waals surface area (Å²) in [5.74, 6) is -0.865. The summed E-state index contributed by atoms with van der Waals surface area (Å²) in [6.45, 7) is 8.76. The number of carboxylic acid groups (broad SMARTS) is 1. The van der Waals surface area contributed by atoms with Gasteiger partial charge in [-0.25, -0.2) is 0 Å². The van der Waals surface area contributed by atoms with Gasteiger partial charge in [-0.2, -0.15) is 0 Å². The zero-order valence-corrected chi connectivity index (χ0v) is 11.9. The first-order valence-electron chi connectivity index (χ1n) is 6.65. The van der Waals surface area contributed by atoms with Gasteiger partial charge in [-0.05, 0) is 26.8 Å². The quantitative estimate of drug-likeness (QED) is 0.657. The van der Waals surface area contributed by atoms with Crippen molar-refractivity contribution in [2.45, 2.75) is 59.0 Å². The molecule has 0 aromatic carbocycles. The van der Waals surface area contributed by atoms with E-state index >= 15 is 0 Å². The van der Waals surface area contributed by atoms with Crippen LogP contribution in [-0.4, -0.2) is 47.1 Å². The summed E-state index contributed by atoms with van der Waals surface area (Å²) in [5, 5.41) is 11.7. The van der Waals surface area contributed by atoms with E-state index in [0.29, 0.717) is 6.54 Å². The van der Waals surface area contributed by atoms with Gasteiger partial charge < -0.3 is 10.4 Å². The van der Waals surface area contributed by atoms with Crippen LogP contribution in [0.3, 0.4) is 0 Å². The second-order valence-electron chi connectivity index (χ2n) is 4.77. The highest BCUT2D eigenvalue weighted by atomic mass is 16.4. The zero-order valence-electron chi connectivity index (χ0n) is 11.9. The molecule has 0 saturated heterocycles. The van der Waals surface area contributed by atoms with E-state index in [1.807, 2.05) is 25.7 Å². The molecule has 5 nitrogen and oxygen atoms in total. The number of nitrogens with one attached hydrogen (secondary N) is 1. The normalized spacial score (nSPS) is 14.3. The van der Waals surface area contributed by atoms with Crippen LogP contribution in [0.2, 0.25) is 0 Å². The smallest absolute Gasteiger partial charge is 0.304 e. The first kappa shape index (κ1) is 16.9. The fraction of sp³-hybridized carbons (Fsp3) is 0.846. The number of carbonyl (C=O) groups is 2. The van der Waals surface area contributed by atoms with E-state index in [1.54, 1.807) is 0 Å². The molecule has 0 rings (SSSR count). The van der Waals surface area contributed by atoms with E-state index in [2.05, 4.69) is 12.2 Å². The number of hydrogen-bond donors (Lipinski definition) is 2. The number of aliphatic carboxylic acids is 1. The van der Waals surface area contributed by atoms with Crippen molar-refractivity contribution in [3.05, 3.63) is 0 Å². The molecule has 5 heteroatoms. The van der Waals surface area contributed by atoms with Crippen LogP contribution in [-0.2, 0) is 9.59 Å². The van der Waals surface area contributed by atoms with Gasteiger partial charge in [-0.1, -0.05) is 20.3 Å². The monoisotopic (exact) mass is 258 g/mol. The summed E-state index contributed by atoms with van der Waals surface area (Å²) >= 11 is 0. The molecule has 0 aromatic heterocycles. The average Bonchev–Trinajstić information content (AvgIpc) is 2.24. The lowest BCUT2D eigenvalue weighted by Gasteiger charge is -2.26. The summed E-state index contributed by atoms with van der Waals surface area (Å²) < 4.78 is 0. The lowest BCUT2D eigenvalue weighted by atomic mass is 10.2. The van der Waals surface area contributed by atoms with Gasteiger partial charge in [-0.15, -0.1) is 0 Å². The minimum atomic E-state index is -0.833. The number of hydrogen-bond acceptors (Lipinski definition) is 3. The molecular formula is C13H26N2O3. The van der Waals surface area contributed by atoms with Crippen molar-refractivity contribution < 1.29 is 14.7 Å². The molecule has 0 spiro atoms. The summed E-state index contributed by atoms with van der Waals surface area (Å²) in [5.41, 5.74) is 0. The van der Waals surface area contributed by atoms with Crippen LogP contribution in [0.15, 0.2) is 0 Å². The molecule has 0 aliphatic rings. The van der Waals surface area contributed by atoms with Gasteiger partial charge in [0.05, 0.1) is 13.0 Å². The van der Waals surface area contributed by atoms with Crippen molar-refractivity contribution in [3.8, 4) is 0 Å². The molecule has 0 heterocycles. The van der Waals surface area contributed by atoms with Gasteiger partial charge in [0.25, 0.3) is 0 Å². The van der Waals surface area contributed by atoms with Crippen molar-refractivity contribution in [2.24, 2.45) is 0 Å². The Kier molecular flexibility index (Phi) is 8.37. The number of nitrogens with zero attached hydrogens (tertiary/aromatic N) is 1. The van der Waals surface area contributed by atoms with Crippen LogP contribution in [0.1, 0.15) is 47.0 Å². The van der Waals surface area contributed by atoms with E-state index in [-0.39, 0.29) is 31.0 Å². The van der Waals surface area contributed by atoms with Crippen molar-refractivity contribution in [3.63, 3.8) is 0 Å². The summed E-state index contributed by atoms with van der Waals surface area (Å²) in [7, 11) is 0. The van der Waals surface area contributed by atoms with Gasteiger partial charge in [0, 0.05) is 12.1 Å². The molecule has 2 unspecified atom stereocenters. The zero-order chi connectivity index (χ0) is 14.1. The highest BCUT2D eigenvalue weighted by Gasteiger charge is 2.18. The van der Waals surface area contributed by atoms with Crippen LogP contribution < -0.4 is 5.32 Å². The maximum Gasteiger partial charge on any atom is 0.304 e. The predicted octanol–water partition coefficient (Wildman–Crippen LogP) is 1.48. The third kappa shape index (κ3) is 7.27. The van der Waals surface area contributed by atoms with Gasteiger partial charge in [-0.3, -0.25) is 14.5 Å². The minimum absolute atomic E-state index is 0.0324. The fourth-order valence-electron chi connectivity index (χ4n) is 1.97. The average molecular weight is 258 g/mol. The molecule has 0 radical (unpaired) electrons. The topological polar surface area (TPSA) is 69.6 Å². The van der Waals surface area contributed by atoms with Crippen LogP contribution in [0, 0.1) is 0 Å². The molecular weight excluding hydrogens is 232 g/mol. The molecule has 0 aliphatic carbocycles. The fourth-order valence-corrected chi connectivity index (χ4v) is 1.97. The molecule has 18 heavy (non-hydrogen) atoms. The van der Waals surface area contributed by atoms with E-state index in [1.165, 1.54) is 0 Å². The molecule has 2 atom stereocenters.